The molecule has 0 aliphatic rings. The van der Waals surface area contributed by atoms with Gasteiger partial charge < -0.3 is 29.3 Å². The van der Waals surface area contributed by atoms with Crippen LogP contribution in [0, 0.1) is 0 Å². The van der Waals surface area contributed by atoms with Gasteiger partial charge in [0.25, 0.3) is 0 Å². The number of carbonyl (C=O) groups is 2. The average molecular weight is 202 g/mol. The van der Waals surface area contributed by atoms with Crippen molar-refractivity contribution in [1.29, 1.82) is 0 Å². The van der Waals surface area contributed by atoms with E-state index in [9.17, 15) is 19.8 Å². The van der Waals surface area contributed by atoms with Crippen molar-refractivity contribution < 1.29 is 29.3 Å². The van der Waals surface area contributed by atoms with Crippen LogP contribution >= 0.6 is 0 Å². The first-order chi connectivity index (χ1) is 5.54. The summed E-state index contributed by atoms with van der Waals surface area (Å²) in [4.78, 5) is 18.7. The Balaban J connectivity index is -0.000000143. The van der Waals surface area contributed by atoms with Crippen molar-refractivity contribution in [2.24, 2.45) is 0 Å². The number of carboxylic acid groups (broad SMARTS) is 2. The van der Waals surface area contributed by atoms with Crippen molar-refractivity contribution in [3.63, 3.8) is 0 Å². The van der Waals surface area contributed by atoms with Gasteiger partial charge in [-0.2, -0.15) is 0 Å². The molecule has 0 bridgehead atoms. The van der Waals surface area contributed by atoms with Crippen LogP contribution in [0.4, 0.5) is 0 Å². The molecule has 0 aromatic carbocycles. The number of hydrogen-bond acceptors (Lipinski definition) is 6. The molecule has 0 amide bonds. The minimum atomic E-state index is -1.18. The van der Waals surface area contributed by atoms with Gasteiger partial charge in [-0.3, -0.25) is 0 Å². The fourth-order valence-electron chi connectivity index (χ4n) is 0.236. The van der Waals surface area contributed by atoms with Crippen LogP contribution in [0.1, 0.15) is 0 Å². The summed E-state index contributed by atoms with van der Waals surface area (Å²) >= 11 is 0. The predicted octanol–water partition coefficient (Wildman–Crippen LogP) is -3.62. The maximum atomic E-state index is 9.36. The molecular weight excluding hydrogens is 192 g/mol. The van der Waals surface area contributed by atoms with E-state index in [0.717, 1.165) is 0 Å². The van der Waals surface area contributed by atoms with Gasteiger partial charge in [-0.1, -0.05) is 0 Å². The third-order valence-electron chi connectivity index (χ3n) is 0.524. The molecule has 0 radical (unpaired) electrons. The van der Waals surface area contributed by atoms with E-state index in [1.54, 1.807) is 0 Å². The van der Waals surface area contributed by atoms with Crippen LogP contribution in [0.5, 0.6) is 0 Å². The van der Waals surface area contributed by atoms with E-state index in [4.69, 9.17) is 0 Å². The zero-order valence-electron chi connectivity index (χ0n) is 7.57. The number of aliphatic carboxylic acids is 2. The van der Waals surface area contributed by atoms with Crippen LogP contribution in [0.2, 0.25) is 0 Å². The van der Waals surface area contributed by atoms with Crippen LogP contribution in [0.25, 0.3) is 0 Å². The first kappa shape index (κ1) is 18.4. The Kier molecular flexibility index (Phi) is 20.1. The molecule has 0 rings (SSSR count). The van der Waals surface area contributed by atoms with Gasteiger partial charge in [0.05, 0.1) is 25.2 Å². The van der Waals surface area contributed by atoms with Gasteiger partial charge in [-0.25, -0.2) is 0 Å². The molecule has 72 valence electrons. The van der Waals surface area contributed by atoms with Crippen LogP contribution in [-0.2, 0) is 19.1 Å². The summed E-state index contributed by atoms with van der Waals surface area (Å²) in [7, 11) is 2.60. The van der Waals surface area contributed by atoms with Gasteiger partial charge in [0.2, 0.25) is 0 Å². The summed E-state index contributed by atoms with van der Waals surface area (Å²) in [6, 6.07) is 0. The van der Waals surface area contributed by atoms with Crippen molar-refractivity contribution in [2.45, 2.75) is 0 Å². The standard InChI is InChI=1S/2C3H6O3.Mg/c2*1-6-2-3(4)5;/h2*2H2,1H3,(H,4,5);/q;;+2/p-2. The monoisotopic (exact) mass is 202 g/mol. The van der Waals surface area contributed by atoms with Gasteiger partial charge in [0.1, 0.15) is 0 Å². The molecule has 0 N–H and O–H groups in total. The second kappa shape index (κ2) is 14.2. The molecule has 0 aromatic rings. The van der Waals surface area contributed by atoms with Gasteiger partial charge in [-0.05, 0) is 0 Å². The molecule has 0 aliphatic heterocycles. The Labute approximate surface area is 92.0 Å². The molecule has 0 aromatic heterocycles. The Bertz CT molecular complexity index is 121. The van der Waals surface area contributed by atoms with Gasteiger partial charge in [0, 0.05) is 14.2 Å². The summed E-state index contributed by atoms with van der Waals surface area (Å²) < 4.78 is 8.28. The summed E-state index contributed by atoms with van der Waals surface area (Å²) in [5.74, 6) is -2.37. The molecule has 6 nitrogen and oxygen atoms in total. The average Bonchev–Trinajstić information content (AvgIpc) is 1.87. The fourth-order valence-corrected chi connectivity index (χ4v) is 0.236. The molecular formula is C6H10MgO6. The maximum Gasteiger partial charge on any atom is 2.00 e. The summed E-state index contributed by atoms with van der Waals surface area (Å²) in [6.45, 7) is -0.639. The Morgan fingerprint density at radius 2 is 1.23 bits per heavy atom. The quantitative estimate of drug-likeness (QED) is 0.437. The second-order valence-corrected chi connectivity index (χ2v) is 1.61. The van der Waals surface area contributed by atoms with E-state index < -0.39 is 11.9 Å². The van der Waals surface area contributed by atoms with E-state index in [1.807, 2.05) is 0 Å². The molecule has 0 saturated heterocycles. The summed E-state index contributed by atoms with van der Waals surface area (Å²) in [6.07, 6.45) is 0. The molecule has 0 atom stereocenters. The number of rotatable bonds is 4. The van der Waals surface area contributed by atoms with Crippen LogP contribution in [-0.4, -0.2) is 62.4 Å². The van der Waals surface area contributed by atoms with Crippen molar-refractivity contribution in [1.82, 2.24) is 0 Å². The number of carbonyl (C=O) groups excluding carboxylic acids is 2. The van der Waals surface area contributed by atoms with Crippen LogP contribution in [0.15, 0.2) is 0 Å². The zero-order chi connectivity index (χ0) is 9.98. The zero-order valence-corrected chi connectivity index (χ0v) is 8.99. The smallest absolute Gasteiger partial charge is 0.548 e. The number of hydrogen-bond donors (Lipinski definition) is 0. The Morgan fingerprint density at radius 1 is 1.00 bits per heavy atom. The molecule has 0 fully saturated rings. The third kappa shape index (κ3) is 34.0. The van der Waals surface area contributed by atoms with Gasteiger partial charge in [-0.15, -0.1) is 0 Å². The number of carboxylic acids is 2. The first-order valence-corrected chi connectivity index (χ1v) is 2.92. The van der Waals surface area contributed by atoms with Crippen molar-refractivity contribution >= 4 is 35.0 Å². The van der Waals surface area contributed by atoms with Crippen molar-refractivity contribution in [3.05, 3.63) is 0 Å². The minimum absolute atomic E-state index is 0. The third-order valence-corrected chi connectivity index (χ3v) is 0.524. The topological polar surface area (TPSA) is 98.7 Å². The Hall–Kier alpha value is -0.374. The first-order valence-electron chi connectivity index (χ1n) is 2.92. The summed E-state index contributed by atoms with van der Waals surface area (Å²) in [5.41, 5.74) is 0. The number of methoxy groups -OCH3 is 2. The normalized spacial score (nSPS) is 7.54. The van der Waals surface area contributed by atoms with E-state index in [1.165, 1.54) is 14.2 Å². The molecule has 0 spiro atoms. The largest absolute Gasteiger partial charge is 2.00 e. The van der Waals surface area contributed by atoms with Crippen LogP contribution in [0.3, 0.4) is 0 Å². The van der Waals surface area contributed by atoms with E-state index in [-0.39, 0.29) is 36.3 Å². The van der Waals surface area contributed by atoms with Gasteiger partial charge in [0.15, 0.2) is 0 Å². The molecule has 13 heavy (non-hydrogen) atoms. The SMILES string of the molecule is COCC(=O)[O-].COCC(=O)[O-].[Mg+2]. The fraction of sp³-hybridized carbons (Fsp3) is 0.667. The van der Waals surface area contributed by atoms with E-state index in [0.29, 0.717) is 0 Å². The van der Waals surface area contributed by atoms with E-state index in [2.05, 4.69) is 9.47 Å². The maximum absolute atomic E-state index is 9.36. The minimum Gasteiger partial charge on any atom is -0.548 e. The number of ether oxygens (including phenoxy) is 2. The van der Waals surface area contributed by atoms with Crippen molar-refractivity contribution in [2.75, 3.05) is 27.4 Å². The Morgan fingerprint density at radius 3 is 1.23 bits per heavy atom. The summed E-state index contributed by atoms with van der Waals surface area (Å²) in [5, 5.41) is 18.7. The van der Waals surface area contributed by atoms with E-state index >= 15 is 0 Å². The molecule has 0 aliphatic carbocycles. The molecule has 7 heteroatoms. The molecule has 0 unspecified atom stereocenters. The van der Waals surface area contributed by atoms with Crippen LogP contribution < -0.4 is 10.2 Å². The molecule has 0 heterocycles. The predicted molar refractivity (Wildman–Crippen MR) is 39.5 cm³/mol. The molecule has 0 saturated carbocycles. The van der Waals surface area contributed by atoms with Crippen molar-refractivity contribution in [3.8, 4) is 0 Å². The second-order valence-electron chi connectivity index (χ2n) is 1.61. The van der Waals surface area contributed by atoms with Gasteiger partial charge >= 0.3 is 23.1 Å².